The molecule has 0 aliphatic heterocycles. The van der Waals surface area contributed by atoms with Crippen LogP contribution < -0.4 is 0 Å². The van der Waals surface area contributed by atoms with Crippen molar-refractivity contribution in [2.45, 2.75) is 226 Å². The van der Waals surface area contributed by atoms with Crippen molar-refractivity contribution in [3.8, 4) is 0 Å². The van der Waals surface area contributed by atoms with Crippen molar-refractivity contribution in [2.75, 3.05) is 0 Å². The molecular weight excluding hydrogens is 492 g/mol. The minimum Gasteiger partial charge on any atom is -0.463 e. The summed E-state index contributed by atoms with van der Waals surface area (Å²) in [7, 11) is 0. The van der Waals surface area contributed by atoms with Gasteiger partial charge in [-0.15, -0.1) is 0 Å². The number of ketones is 1. The lowest BCUT2D eigenvalue weighted by atomic mass is 10.0. The Kier molecular flexibility index (Phi) is 31.9. The first kappa shape index (κ1) is 39.1. The highest BCUT2D eigenvalue weighted by Gasteiger charge is 2.10. The summed E-state index contributed by atoms with van der Waals surface area (Å²) in [6.07, 6.45) is 38.1. The van der Waals surface area contributed by atoms with Crippen LogP contribution in [-0.2, 0) is 14.3 Å². The predicted molar refractivity (Wildman–Crippen MR) is 175 cm³/mol. The van der Waals surface area contributed by atoms with Gasteiger partial charge in [-0.05, 0) is 39.0 Å². The highest BCUT2D eigenvalue weighted by atomic mass is 16.5. The number of ether oxygens (including phenoxy) is 1. The van der Waals surface area contributed by atoms with Crippen LogP contribution in [0.4, 0.5) is 0 Å². The van der Waals surface area contributed by atoms with Gasteiger partial charge in [-0.2, -0.15) is 0 Å². The Bertz CT molecular complexity index is 530. The third-order valence-electron chi connectivity index (χ3n) is 8.44. The van der Waals surface area contributed by atoms with Crippen LogP contribution in [0.2, 0.25) is 0 Å². The molecule has 0 radical (unpaired) electrons. The van der Waals surface area contributed by atoms with E-state index in [0.717, 1.165) is 44.9 Å². The van der Waals surface area contributed by atoms with Crippen molar-refractivity contribution < 1.29 is 14.3 Å². The second-order valence-corrected chi connectivity index (χ2v) is 12.7. The maximum absolute atomic E-state index is 12.1. The highest BCUT2D eigenvalue weighted by molar-refractivity contribution is 5.78. The van der Waals surface area contributed by atoms with Gasteiger partial charge in [-0.1, -0.05) is 162 Å². The molecule has 3 nitrogen and oxygen atoms in total. The van der Waals surface area contributed by atoms with E-state index in [4.69, 9.17) is 4.74 Å². The van der Waals surface area contributed by atoms with Crippen LogP contribution in [0.25, 0.3) is 0 Å². The highest BCUT2D eigenvalue weighted by Crippen LogP contribution is 2.16. The minimum absolute atomic E-state index is 0.0264. The van der Waals surface area contributed by atoms with Crippen LogP contribution in [0.3, 0.4) is 0 Å². The molecule has 238 valence electrons. The van der Waals surface area contributed by atoms with Crippen molar-refractivity contribution in [1.29, 1.82) is 0 Å². The SMILES string of the molecule is CCCCCCCCCCCCCCCCCCCCCC(=O)OC(C)CCCCC(=O)CCCCCCCC. The number of carbonyl (C=O) groups is 2. The third kappa shape index (κ3) is 31.7. The van der Waals surface area contributed by atoms with Crippen molar-refractivity contribution in [1.82, 2.24) is 0 Å². The van der Waals surface area contributed by atoms with E-state index in [9.17, 15) is 9.59 Å². The molecule has 0 amide bonds. The first-order valence-corrected chi connectivity index (χ1v) is 18.3. The van der Waals surface area contributed by atoms with Crippen molar-refractivity contribution in [2.24, 2.45) is 0 Å². The third-order valence-corrected chi connectivity index (χ3v) is 8.44. The topological polar surface area (TPSA) is 43.4 Å². The Morgan fingerprint density at radius 3 is 1.10 bits per heavy atom. The van der Waals surface area contributed by atoms with Gasteiger partial charge in [-0.25, -0.2) is 0 Å². The number of carbonyl (C=O) groups excluding carboxylic acids is 2. The molecule has 0 saturated carbocycles. The average Bonchev–Trinajstić information content (AvgIpc) is 2.94. The van der Waals surface area contributed by atoms with E-state index in [1.54, 1.807) is 0 Å². The quantitative estimate of drug-likeness (QED) is 0.0588. The molecule has 0 aromatic carbocycles. The van der Waals surface area contributed by atoms with Crippen LogP contribution in [0.5, 0.6) is 0 Å². The summed E-state index contributed by atoms with van der Waals surface area (Å²) < 4.78 is 5.58. The lowest BCUT2D eigenvalue weighted by molar-refractivity contribution is -0.148. The maximum Gasteiger partial charge on any atom is 0.306 e. The zero-order valence-corrected chi connectivity index (χ0v) is 27.7. The molecule has 0 N–H and O–H groups in total. The second kappa shape index (κ2) is 32.7. The van der Waals surface area contributed by atoms with Crippen LogP contribution in [0, 0.1) is 0 Å². The van der Waals surface area contributed by atoms with Gasteiger partial charge in [0.2, 0.25) is 0 Å². The molecule has 0 fully saturated rings. The summed E-state index contributed by atoms with van der Waals surface area (Å²) >= 11 is 0. The molecule has 0 aliphatic carbocycles. The van der Waals surface area contributed by atoms with E-state index in [2.05, 4.69) is 13.8 Å². The van der Waals surface area contributed by atoms with Crippen LogP contribution in [-0.4, -0.2) is 17.9 Å². The Balaban J connectivity index is 3.34. The monoisotopic (exact) mass is 565 g/mol. The molecule has 40 heavy (non-hydrogen) atoms. The number of Topliss-reactive ketones (excluding diaryl/α,β-unsaturated/α-hetero) is 1. The molecular formula is C37H72O3. The second-order valence-electron chi connectivity index (χ2n) is 12.7. The van der Waals surface area contributed by atoms with Gasteiger partial charge in [0.05, 0.1) is 6.10 Å². The smallest absolute Gasteiger partial charge is 0.306 e. The molecule has 0 spiro atoms. The molecule has 0 heterocycles. The molecule has 0 aromatic heterocycles. The van der Waals surface area contributed by atoms with E-state index < -0.39 is 0 Å². The fourth-order valence-electron chi connectivity index (χ4n) is 5.67. The van der Waals surface area contributed by atoms with Crippen LogP contribution in [0.15, 0.2) is 0 Å². The number of unbranched alkanes of at least 4 members (excludes halogenated alkanes) is 24. The van der Waals surface area contributed by atoms with Gasteiger partial charge < -0.3 is 4.74 Å². The summed E-state index contributed by atoms with van der Waals surface area (Å²) in [6.45, 7) is 6.51. The van der Waals surface area contributed by atoms with Crippen LogP contribution >= 0.6 is 0 Å². The van der Waals surface area contributed by atoms with Gasteiger partial charge >= 0.3 is 5.97 Å². The molecule has 1 unspecified atom stereocenters. The maximum atomic E-state index is 12.1. The standard InChI is InChI=1S/C37H72O3/c1-4-6-8-10-12-13-14-15-16-17-18-19-20-21-22-23-24-26-28-34-37(39)40-35(3)31-29-30-33-36(38)32-27-25-11-9-7-5-2/h35H,4-34H2,1-3H3. The zero-order valence-electron chi connectivity index (χ0n) is 27.7. The van der Waals surface area contributed by atoms with Crippen molar-refractivity contribution >= 4 is 11.8 Å². The van der Waals surface area contributed by atoms with E-state index in [1.165, 1.54) is 141 Å². The molecule has 0 bridgehead atoms. The van der Waals surface area contributed by atoms with Gasteiger partial charge in [-0.3, -0.25) is 9.59 Å². The normalized spacial score (nSPS) is 12.1. The van der Waals surface area contributed by atoms with Gasteiger partial charge in [0, 0.05) is 19.3 Å². The largest absolute Gasteiger partial charge is 0.463 e. The zero-order chi connectivity index (χ0) is 29.4. The van der Waals surface area contributed by atoms with E-state index >= 15 is 0 Å². The lowest BCUT2D eigenvalue weighted by Crippen LogP contribution is -2.14. The summed E-state index contributed by atoms with van der Waals surface area (Å²) in [4.78, 5) is 24.1. The summed E-state index contributed by atoms with van der Waals surface area (Å²) in [6, 6.07) is 0. The molecule has 3 heteroatoms. The first-order valence-electron chi connectivity index (χ1n) is 18.3. The number of rotatable bonds is 33. The van der Waals surface area contributed by atoms with Crippen molar-refractivity contribution in [3.05, 3.63) is 0 Å². The first-order chi connectivity index (χ1) is 19.6. The summed E-state index contributed by atoms with van der Waals surface area (Å²) in [5.41, 5.74) is 0. The average molecular weight is 565 g/mol. The fraction of sp³-hybridized carbons (Fsp3) is 0.946. The lowest BCUT2D eigenvalue weighted by Gasteiger charge is -2.13. The van der Waals surface area contributed by atoms with E-state index in [-0.39, 0.29) is 12.1 Å². The van der Waals surface area contributed by atoms with Gasteiger partial charge in [0.1, 0.15) is 5.78 Å². The summed E-state index contributed by atoms with van der Waals surface area (Å²) in [5, 5.41) is 0. The Morgan fingerprint density at radius 2 is 0.725 bits per heavy atom. The van der Waals surface area contributed by atoms with E-state index in [1.807, 2.05) is 6.92 Å². The van der Waals surface area contributed by atoms with Gasteiger partial charge in [0.25, 0.3) is 0 Å². The predicted octanol–water partition coefficient (Wildman–Crippen LogP) is 12.6. The number of hydrogen-bond donors (Lipinski definition) is 0. The Morgan fingerprint density at radius 1 is 0.425 bits per heavy atom. The molecule has 0 aliphatic rings. The fourth-order valence-corrected chi connectivity index (χ4v) is 5.67. The van der Waals surface area contributed by atoms with Gasteiger partial charge in [0.15, 0.2) is 0 Å². The minimum atomic E-state index is -0.0429. The molecule has 0 saturated heterocycles. The van der Waals surface area contributed by atoms with E-state index in [0.29, 0.717) is 18.6 Å². The Labute approximate surface area is 251 Å². The molecule has 1 atom stereocenters. The molecule has 0 aromatic rings. The number of esters is 1. The Hall–Kier alpha value is -0.860. The summed E-state index contributed by atoms with van der Waals surface area (Å²) in [5.74, 6) is 0.364. The van der Waals surface area contributed by atoms with Crippen molar-refractivity contribution in [3.63, 3.8) is 0 Å². The number of hydrogen-bond acceptors (Lipinski definition) is 3. The molecule has 0 rings (SSSR count). The van der Waals surface area contributed by atoms with Crippen LogP contribution in [0.1, 0.15) is 220 Å².